The van der Waals surface area contributed by atoms with E-state index in [1.165, 1.54) is 0 Å². The molecule has 0 heterocycles. The summed E-state index contributed by atoms with van der Waals surface area (Å²) in [4.78, 5) is 0. The molecule has 0 aliphatic rings. The maximum Gasteiger partial charge on any atom is 0.162 e. The zero-order valence-corrected chi connectivity index (χ0v) is 16.3. The van der Waals surface area contributed by atoms with Gasteiger partial charge >= 0.3 is 0 Å². The van der Waals surface area contributed by atoms with Crippen molar-refractivity contribution in [1.29, 1.82) is 0 Å². The van der Waals surface area contributed by atoms with Crippen LogP contribution in [0.25, 0.3) is 0 Å². The molecule has 0 radical (unpaired) electrons. The fourth-order valence-corrected chi connectivity index (χ4v) is 2.70. The molecule has 5 nitrogen and oxygen atoms in total. The average Bonchev–Trinajstić information content (AvgIpc) is 2.66. The Morgan fingerprint density at radius 1 is 0.962 bits per heavy atom. The van der Waals surface area contributed by atoms with Gasteiger partial charge in [-0.25, -0.2) is 0 Å². The van der Waals surface area contributed by atoms with Crippen molar-refractivity contribution in [2.45, 2.75) is 20.0 Å². The highest BCUT2D eigenvalue weighted by atomic mass is 35.5. The van der Waals surface area contributed by atoms with Crippen LogP contribution in [-0.4, -0.2) is 34.0 Å². The summed E-state index contributed by atoms with van der Waals surface area (Å²) in [5, 5.41) is 4.03. The second-order valence-corrected chi connectivity index (χ2v) is 6.00. The Labute approximate surface area is 160 Å². The van der Waals surface area contributed by atoms with E-state index in [1.54, 1.807) is 20.3 Å². The van der Waals surface area contributed by atoms with Gasteiger partial charge in [0, 0.05) is 30.8 Å². The Balaban J connectivity index is 1.89. The molecule has 1 N–H and O–H groups in total. The molecule has 0 bridgehead atoms. The van der Waals surface area contributed by atoms with E-state index in [0.717, 1.165) is 16.9 Å². The van der Waals surface area contributed by atoms with Crippen LogP contribution in [0.3, 0.4) is 0 Å². The molecule has 0 aromatic heterocycles. The fourth-order valence-electron chi connectivity index (χ4n) is 2.48. The van der Waals surface area contributed by atoms with Crippen molar-refractivity contribution in [2.24, 2.45) is 0 Å². The molecular weight excluding hydrogens is 354 g/mol. The first kappa shape index (κ1) is 20.4. The summed E-state index contributed by atoms with van der Waals surface area (Å²) in [6.45, 7) is 5.13. The van der Waals surface area contributed by atoms with E-state index < -0.39 is 0 Å². The summed E-state index contributed by atoms with van der Waals surface area (Å²) < 4.78 is 21.5. The van der Waals surface area contributed by atoms with Gasteiger partial charge in [0.05, 0.1) is 20.8 Å². The highest BCUT2D eigenvalue weighted by molar-refractivity contribution is 6.31. The predicted molar refractivity (Wildman–Crippen MR) is 104 cm³/mol. The smallest absolute Gasteiger partial charge is 0.162 e. The Bertz CT molecular complexity index is 694. The molecule has 6 heteroatoms. The molecular formula is C20H26ClNO4. The van der Waals surface area contributed by atoms with Crippen LogP contribution < -0.4 is 19.5 Å². The molecule has 0 amide bonds. The molecule has 2 aromatic carbocycles. The van der Waals surface area contributed by atoms with Crippen molar-refractivity contribution in [3.63, 3.8) is 0 Å². The van der Waals surface area contributed by atoms with E-state index in [4.69, 9.17) is 30.5 Å². The number of nitrogens with one attached hydrogen (secondary N) is 1. The van der Waals surface area contributed by atoms with E-state index in [-0.39, 0.29) is 0 Å². The summed E-state index contributed by atoms with van der Waals surface area (Å²) in [6, 6.07) is 11.7. The lowest BCUT2D eigenvalue weighted by Crippen LogP contribution is -2.13. The molecule has 0 saturated carbocycles. The zero-order chi connectivity index (χ0) is 18.8. The predicted octanol–water partition coefficient (Wildman–Crippen LogP) is 4.06. The molecule has 142 valence electrons. The molecule has 2 aromatic rings. The van der Waals surface area contributed by atoms with Crippen molar-refractivity contribution in [3.8, 4) is 17.2 Å². The summed E-state index contributed by atoms with van der Waals surface area (Å²) in [6.07, 6.45) is 0. The van der Waals surface area contributed by atoms with Crippen LogP contribution in [-0.2, 0) is 17.8 Å². The monoisotopic (exact) mass is 379 g/mol. The topological polar surface area (TPSA) is 49.0 Å². The summed E-state index contributed by atoms with van der Waals surface area (Å²) in [5.74, 6) is 2.13. The third-order valence-electron chi connectivity index (χ3n) is 3.80. The van der Waals surface area contributed by atoms with E-state index in [0.29, 0.717) is 49.4 Å². The van der Waals surface area contributed by atoms with Gasteiger partial charge in [0.15, 0.2) is 11.5 Å². The van der Waals surface area contributed by atoms with E-state index in [1.807, 2.05) is 31.2 Å². The van der Waals surface area contributed by atoms with Gasteiger partial charge in [-0.3, -0.25) is 0 Å². The van der Waals surface area contributed by atoms with Crippen molar-refractivity contribution in [1.82, 2.24) is 5.32 Å². The lowest BCUT2D eigenvalue weighted by atomic mass is 10.1. The third-order valence-corrected chi connectivity index (χ3v) is 4.15. The molecule has 0 atom stereocenters. The number of benzene rings is 2. The van der Waals surface area contributed by atoms with Crippen LogP contribution in [0.4, 0.5) is 0 Å². The lowest BCUT2D eigenvalue weighted by Gasteiger charge is -2.13. The van der Waals surface area contributed by atoms with E-state index in [2.05, 4.69) is 11.4 Å². The molecule has 2 rings (SSSR count). The molecule has 0 unspecified atom stereocenters. The van der Waals surface area contributed by atoms with Crippen molar-refractivity contribution in [2.75, 3.05) is 34.0 Å². The number of ether oxygens (including phenoxy) is 4. The molecule has 0 spiro atoms. The number of methoxy groups -OCH3 is 2. The lowest BCUT2D eigenvalue weighted by molar-refractivity contribution is 0.110. The first-order chi connectivity index (χ1) is 12.7. The number of halogens is 1. The Morgan fingerprint density at radius 3 is 2.46 bits per heavy atom. The van der Waals surface area contributed by atoms with Gasteiger partial charge in [0.25, 0.3) is 0 Å². The van der Waals surface area contributed by atoms with Gasteiger partial charge in [0.1, 0.15) is 12.4 Å². The Hall–Kier alpha value is -1.95. The highest BCUT2D eigenvalue weighted by Crippen LogP contribution is 2.33. The zero-order valence-electron chi connectivity index (χ0n) is 15.5. The molecule has 0 saturated heterocycles. The minimum atomic E-state index is 0.548. The van der Waals surface area contributed by atoms with Gasteiger partial charge in [-0.15, -0.1) is 0 Å². The second kappa shape index (κ2) is 10.9. The first-order valence-electron chi connectivity index (χ1n) is 8.58. The van der Waals surface area contributed by atoms with Gasteiger partial charge in [0.2, 0.25) is 0 Å². The van der Waals surface area contributed by atoms with Crippen molar-refractivity contribution >= 4 is 11.6 Å². The first-order valence-corrected chi connectivity index (χ1v) is 8.96. The largest absolute Gasteiger partial charge is 0.493 e. The van der Waals surface area contributed by atoms with Crippen LogP contribution in [0, 0.1) is 0 Å². The van der Waals surface area contributed by atoms with E-state index in [9.17, 15) is 0 Å². The quantitative estimate of drug-likeness (QED) is 0.596. The average molecular weight is 380 g/mol. The second-order valence-electron chi connectivity index (χ2n) is 5.59. The summed E-state index contributed by atoms with van der Waals surface area (Å²) >= 11 is 6.32. The molecule has 0 aliphatic heterocycles. The third kappa shape index (κ3) is 6.09. The Kier molecular flexibility index (Phi) is 8.54. The maximum absolute atomic E-state index is 6.32. The van der Waals surface area contributed by atoms with Crippen LogP contribution in [0.2, 0.25) is 5.02 Å². The fraction of sp³-hybridized carbons (Fsp3) is 0.400. The minimum absolute atomic E-state index is 0.548. The minimum Gasteiger partial charge on any atom is -0.493 e. The van der Waals surface area contributed by atoms with Crippen molar-refractivity contribution < 1.29 is 18.9 Å². The van der Waals surface area contributed by atoms with Crippen LogP contribution in [0.1, 0.15) is 18.1 Å². The van der Waals surface area contributed by atoms with Crippen LogP contribution in [0.5, 0.6) is 17.2 Å². The normalized spacial score (nSPS) is 10.6. The number of hydrogen-bond acceptors (Lipinski definition) is 5. The number of rotatable bonds is 11. The maximum atomic E-state index is 6.32. The Morgan fingerprint density at radius 2 is 1.73 bits per heavy atom. The van der Waals surface area contributed by atoms with Gasteiger partial charge in [-0.1, -0.05) is 23.7 Å². The highest BCUT2D eigenvalue weighted by Gasteiger charge is 2.09. The van der Waals surface area contributed by atoms with E-state index >= 15 is 0 Å². The SMILES string of the molecule is CCOCCOc1cccc(CNCc2cc(OC)c(OC)cc2Cl)c1. The number of hydrogen-bond donors (Lipinski definition) is 1. The summed E-state index contributed by atoms with van der Waals surface area (Å²) in [5.41, 5.74) is 2.09. The van der Waals surface area contributed by atoms with Gasteiger partial charge in [-0.2, -0.15) is 0 Å². The van der Waals surface area contributed by atoms with Gasteiger partial charge < -0.3 is 24.3 Å². The van der Waals surface area contributed by atoms with Crippen molar-refractivity contribution in [3.05, 3.63) is 52.5 Å². The van der Waals surface area contributed by atoms with Gasteiger partial charge in [-0.05, 0) is 36.2 Å². The van der Waals surface area contributed by atoms with Crippen LogP contribution >= 0.6 is 11.6 Å². The summed E-state index contributed by atoms with van der Waals surface area (Å²) in [7, 11) is 3.20. The molecule has 0 fully saturated rings. The van der Waals surface area contributed by atoms with Crippen LogP contribution in [0.15, 0.2) is 36.4 Å². The molecule has 26 heavy (non-hydrogen) atoms. The molecule has 0 aliphatic carbocycles. The standard InChI is InChI=1S/C20H26ClNO4/c1-4-25-8-9-26-17-7-5-6-15(10-17)13-22-14-16-11-19(23-2)20(24-3)12-18(16)21/h5-7,10-12,22H,4,8-9,13-14H2,1-3H3.